The van der Waals surface area contributed by atoms with Crippen LogP contribution in [0.5, 0.6) is 11.5 Å². The zero-order valence-electron chi connectivity index (χ0n) is 14.7. The number of hydrogen-bond donors (Lipinski definition) is 4. The van der Waals surface area contributed by atoms with Crippen LogP contribution in [0, 0.1) is 0 Å². The van der Waals surface area contributed by atoms with Crippen molar-refractivity contribution >= 4 is 17.3 Å². The normalized spacial score (nSPS) is 12.1. The van der Waals surface area contributed by atoms with Crippen molar-refractivity contribution in [2.45, 2.75) is 25.4 Å². The predicted molar refractivity (Wildman–Crippen MR) is 102 cm³/mol. The van der Waals surface area contributed by atoms with E-state index in [-0.39, 0.29) is 11.7 Å². The molecule has 1 amide bonds. The summed E-state index contributed by atoms with van der Waals surface area (Å²) < 4.78 is 4.98. The van der Waals surface area contributed by atoms with E-state index in [2.05, 4.69) is 5.32 Å². The molecule has 0 bridgehead atoms. The Balaban J connectivity index is 1.75. The van der Waals surface area contributed by atoms with Crippen molar-refractivity contribution in [1.29, 1.82) is 0 Å². The number of amides is 1. The number of anilines is 2. The fourth-order valence-electron chi connectivity index (χ4n) is 2.49. The van der Waals surface area contributed by atoms with Crippen molar-refractivity contribution in [2.24, 2.45) is 0 Å². The minimum atomic E-state index is -0.682. The number of phenols is 1. The van der Waals surface area contributed by atoms with Gasteiger partial charge in [-0.1, -0.05) is 24.3 Å². The molecule has 2 aromatic rings. The molecule has 0 fully saturated rings. The lowest BCUT2D eigenvalue weighted by Gasteiger charge is -2.12. The number of unbranched alkanes of at least 4 members (excludes halogenated alkanes) is 1. The highest BCUT2D eigenvalue weighted by Gasteiger charge is 2.10. The first-order valence-electron chi connectivity index (χ1n) is 8.38. The van der Waals surface area contributed by atoms with Gasteiger partial charge in [0.25, 0.3) is 0 Å². The maximum atomic E-state index is 11.8. The molecule has 6 heteroatoms. The molecule has 5 N–H and O–H groups in total. The predicted octanol–water partition coefficient (Wildman–Crippen LogP) is 3.38. The van der Waals surface area contributed by atoms with Crippen LogP contribution in [0.25, 0.3) is 0 Å². The summed E-state index contributed by atoms with van der Waals surface area (Å²) in [6, 6.07) is 11.9. The van der Waals surface area contributed by atoms with Gasteiger partial charge in [-0.15, -0.1) is 0 Å². The lowest BCUT2D eigenvalue weighted by atomic mass is 10.0. The number of nitrogen functional groups attached to an aromatic ring is 1. The molecule has 0 spiro atoms. The molecule has 0 saturated heterocycles. The lowest BCUT2D eigenvalue weighted by molar-refractivity contribution is -0.111. The van der Waals surface area contributed by atoms with Crippen molar-refractivity contribution in [3.63, 3.8) is 0 Å². The number of aliphatic hydroxyl groups excluding tert-OH is 1. The van der Waals surface area contributed by atoms with E-state index in [0.29, 0.717) is 42.0 Å². The first kappa shape index (κ1) is 19.3. The summed E-state index contributed by atoms with van der Waals surface area (Å²) in [5.74, 6) is 0.123. The topological polar surface area (TPSA) is 105 Å². The monoisotopic (exact) mass is 356 g/mol. The third-order valence-corrected chi connectivity index (χ3v) is 3.92. The zero-order chi connectivity index (χ0) is 18.9. The molecule has 0 aliphatic rings. The SMILES string of the molecule is COc1ccc([C@H](O)CCC/C=C/C(=O)Nc2ccccc2N)cc1O. The number of allylic oxidation sites excluding steroid dienone is 1. The van der Waals surface area contributed by atoms with Crippen LogP contribution in [-0.4, -0.2) is 23.2 Å². The van der Waals surface area contributed by atoms with Crippen molar-refractivity contribution < 1.29 is 19.7 Å². The number of nitrogens with one attached hydrogen (secondary N) is 1. The van der Waals surface area contributed by atoms with Crippen LogP contribution in [0.15, 0.2) is 54.6 Å². The average molecular weight is 356 g/mol. The molecular formula is C20H24N2O4. The van der Waals surface area contributed by atoms with Crippen molar-refractivity contribution in [1.82, 2.24) is 0 Å². The number of methoxy groups -OCH3 is 1. The number of carbonyl (C=O) groups is 1. The van der Waals surface area contributed by atoms with Gasteiger partial charge in [-0.3, -0.25) is 4.79 Å². The van der Waals surface area contributed by atoms with Gasteiger partial charge >= 0.3 is 0 Å². The number of rotatable bonds is 8. The minimum absolute atomic E-state index is 0.000743. The molecule has 0 unspecified atom stereocenters. The van der Waals surface area contributed by atoms with E-state index < -0.39 is 6.10 Å². The van der Waals surface area contributed by atoms with E-state index in [1.807, 2.05) is 0 Å². The first-order valence-corrected chi connectivity index (χ1v) is 8.38. The fourth-order valence-corrected chi connectivity index (χ4v) is 2.49. The highest BCUT2D eigenvalue weighted by atomic mass is 16.5. The Morgan fingerprint density at radius 1 is 1.31 bits per heavy atom. The summed E-state index contributed by atoms with van der Waals surface area (Å²) in [5.41, 5.74) is 7.49. The number of aliphatic hydroxyl groups is 1. The summed E-state index contributed by atoms with van der Waals surface area (Å²) in [6.45, 7) is 0. The number of nitrogens with two attached hydrogens (primary N) is 1. The smallest absolute Gasteiger partial charge is 0.248 e. The molecule has 0 saturated carbocycles. The fraction of sp³-hybridized carbons (Fsp3) is 0.250. The Hall–Kier alpha value is -2.99. The molecule has 6 nitrogen and oxygen atoms in total. The Bertz CT molecular complexity index is 774. The number of hydrogen-bond acceptors (Lipinski definition) is 5. The zero-order valence-corrected chi connectivity index (χ0v) is 14.7. The molecule has 1 atom stereocenters. The Morgan fingerprint density at radius 3 is 2.77 bits per heavy atom. The average Bonchev–Trinajstić information content (AvgIpc) is 2.63. The molecule has 0 aliphatic heterocycles. The molecule has 138 valence electrons. The Morgan fingerprint density at radius 2 is 2.08 bits per heavy atom. The van der Waals surface area contributed by atoms with E-state index in [1.54, 1.807) is 42.5 Å². The second kappa shape index (κ2) is 9.48. The first-order chi connectivity index (χ1) is 12.5. The third-order valence-electron chi connectivity index (χ3n) is 3.92. The largest absolute Gasteiger partial charge is 0.504 e. The molecule has 0 aromatic heterocycles. The number of phenolic OH excluding ortho intramolecular Hbond substituents is 1. The van der Waals surface area contributed by atoms with Crippen molar-refractivity contribution in [3.8, 4) is 11.5 Å². The molecule has 2 aromatic carbocycles. The van der Waals surface area contributed by atoms with Crippen molar-refractivity contribution in [2.75, 3.05) is 18.2 Å². The number of benzene rings is 2. The number of ether oxygens (including phenoxy) is 1. The van der Waals surface area contributed by atoms with Gasteiger partial charge in [0.1, 0.15) is 0 Å². The van der Waals surface area contributed by atoms with E-state index in [9.17, 15) is 15.0 Å². The quantitative estimate of drug-likeness (QED) is 0.330. The lowest BCUT2D eigenvalue weighted by Crippen LogP contribution is -2.09. The number of para-hydroxylation sites is 2. The molecule has 26 heavy (non-hydrogen) atoms. The summed E-state index contributed by atoms with van der Waals surface area (Å²) >= 11 is 0. The van der Waals surface area contributed by atoms with E-state index in [0.717, 1.165) is 0 Å². The van der Waals surface area contributed by atoms with Crippen LogP contribution in [-0.2, 0) is 4.79 Å². The van der Waals surface area contributed by atoms with Gasteiger partial charge in [0.15, 0.2) is 11.5 Å². The van der Waals surface area contributed by atoms with Crippen LogP contribution in [0.1, 0.15) is 30.9 Å². The van der Waals surface area contributed by atoms with Crippen molar-refractivity contribution in [3.05, 3.63) is 60.2 Å². The van der Waals surface area contributed by atoms with Gasteiger partial charge in [0.05, 0.1) is 24.6 Å². The maximum absolute atomic E-state index is 11.8. The number of carbonyl (C=O) groups excluding carboxylic acids is 1. The van der Waals surface area contributed by atoms with Gasteiger partial charge in [0, 0.05) is 0 Å². The molecular weight excluding hydrogens is 332 g/mol. The molecule has 0 radical (unpaired) electrons. The third kappa shape index (κ3) is 5.53. The minimum Gasteiger partial charge on any atom is -0.504 e. The van der Waals surface area contributed by atoms with E-state index >= 15 is 0 Å². The Kier molecular flexibility index (Phi) is 7.05. The van der Waals surface area contributed by atoms with Crippen LogP contribution in [0.3, 0.4) is 0 Å². The van der Waals surface area contributed by atoms with Crippen LogP contribution < -0.4 is 15.8 Å². The summed E-state index contributed by atoms with van der Waals surface area (Å²) in [4.78, 5) is 11.8. The summed E-state index contributed by atoms with van der Waals surface area (Å²) in [6.07, 6.45) is 4.40. The highest BCUT2D eigenvalue weighted by Crippen LogP contribution is 2.30. The molecule has 0 aliphatic carbocycles. The van der Waals surface area contributed by atoms with Gasteiger partial charge in [-0.05, 0) is 55.2 Å². The van der Waals surface area contributed by atoms with Gasteiger partial charge < -0.3 is 26.0 Å². The van der Waals surface area contributed by atoms with Gasteiger partial charge in [-0.2, -0.15) is 0 Å². The van der Waals surface area contributed by atoms with Crippen LogP contribution in [0.4, 0.5) is 11.4 Å². The second-order valence-corrected chi connectivity index (χ2v) is 5.86. The maximum Gasteiger partial charge on any atom is 0.248 e. The van der Waals surface area contributed by atoms with Gasteiger partial charge in [-0.25, -0.2) is 0 Å². The van der Waals surface area contributed by atoms with Crippen LogP contribution >= 0.6 is 0 Å². The Labute approximate surface area is 152 Å². The second-order valence-electron chi connectivity index (χ2n) is 5.86. The standard InChI is InChI=1S/C20H24N2O4/c1-26-19-12-11-14(13-18(19)24)17(23)9-3-2-4-10-20(25)22-16-8-6-5-7-15(16)21/h4-8,10-13,17,23-24H,2-3,9,21H2,1H3,(H,22,25)/b10-4+/t17-/m1/s1. The van der Waals surface area contributed by atoms with E-state index in [1.165, 1.54) is 19.3 Å². The number of aromatic hydroxyl groups is 1. The van der Waals surface area contributed by atoms with Gasteiger partial charge in [0.2, 0.25) is 5.91 Å². The molecule has 2 rings (SSSR count). The van der Waals surface area contributed by atoms with Crippen LogP contribution in [0.2, 0.25) is 0 Å². The summed E-state index contributed by atoms with van der Waals surface area (Å²) in [7, 11) is 1.47. The van der Waals surface area contributed by atoms with E-state index in [4.69, 9.17) is 10.5 Å². The summed E-state index contributed by atoms with van der Waals surface area (Å²) in [5, 5.41) is 22.6. The molecule has 0 heterocycles. The highest BCUT2D eigenvalue weighted by molar-refractivity contribution is 6.01.